The van der Waals surface area contributed by atoms with Gasteiger partial charge in [0.05, 0.1) is 6.04 Å². The summed E-state index contributed by atoms with van der Waals surface area (Å²) >= 11 is 0. The van der Waals surface area contributed by atoms with Crippen molar-refractivity contribution < 1.29 is 14.6 Å². The molecule has 0 aliphatic rings. The van der Waals surface area contributed by atoms with Crippen LogP contribution in [0.2, 0.25) is 0 Å². The first-order valence-electron chi connectivity index (χ1n) is 10.1. The van der Waals surface area contributed by atoms with Gasteiger partial charge in [-0.25, -0.2) is 4.79 Å². The maximum atomic E-state index is 12.7. The third kappa shape index (κ3) is 6.84. The van der Waals surface area contributed by atoms with Gasteiger partial charge in [0.15, 0.2) is 6.10 Å². The SMILES string of the molecule is C/C=C/[C@@H](C(O)C(=O)OC(C)(C)C)N(Cc1ccccc1)[C@@H](C)c1ccccc1. The number of carbonyl (C=O) groups is 1. The summed E-state index contributed by atoms with van der Waals surface area (Å²) in [5.74, 6) is -0.612. The van der Waals surface area contributed by atoms with Crippen LogP contribution in [0.5, 0.6) is 0 Å². The first-order valence-corrected chi connectivity index (χ1v) is 10.1. The number of aliphatic hydroxyl groups excluding tert-OH is 1. The number of hydrogen-bond acceptors (Lipinski definition) is 4. The van der Waals surface area contributed by atoms with Crippen molar-refractivity contribution in [2.75, 3.05) is 0 Å². The topological polar surface area (TPSA) is 49.8 Å². The number of esters is 1. The minimum Gasteiger partial charge on any atom is -0.458 e. The molecular weight excluding hydrogens is 362 g/mol. The van der Waals surface area contributed by atoms with E-state index in [4.69, 9.17) is 4.74 Å². The number of carbonyl (C=O) groups excluding carboxylic acids is 1. The van der Waals surface area contributed by atoms with Gasteiger partial charge in [-0.15, -0.1) is 0 Å². The lowest BCUT2D eigenvalue weighted by Crippen LogP contribution is -2.48. The average molecular weight is 396 g/mol. The van der Waals surface area contributed by atoms with Crippen LogP contribution in [-0.2, 0) is 16.1 Å². The molecule has 0 radical (unpaired) electrons. The highest BCUT2D eigenvalue weighted by molar-refractivity contribution is 5.76. The van der Waals surface area contributed by atoms with Crippen LogP contribution in [0.3, 0.4) is 0 Å². The Morgan fingerprint density at radius 2 is 1.62 bits per heavy atom. The Morgan fingerprint density at radius 1 is 1.07 bits per heavy atom. The van der Waals surface area contributed by atoms with Gasteiger partial charge >= 0.3 is 5.97 Å². The van der Waals surface area contributed by atoms with Crippen molar-refractivity contribution in [2.24, 2.45) is 0 Å². The second kappa shape index (κ2) is 10.4. The summed E-state index contributed by atoms with van der Waals surface area (Å²) < 4.78 is 5.46. The highest BCUT2D eigenvalue weighted by atomic mass is 16.6. The van der Waals surface area contributed by atoms with Crippen LogP contribution >= 0.6 is 0 Å². The van der Waals surface area contributed by atoms with Crippen molar-refractivity contribution in [3.63, 3.8) is 0 Å². The Bertz CT molecular complexity index is 781. The first-order chi connectivity index (χ1) is 13.7. The molecule has 3 atom stereocenters. The van der Waals surface area contributed by atoms with Crippen LogP contribution in [-0.4, -0.2) is 33.7 Å². The number of benzene rings is 2. The normalized spacial score (nSPS) is 15.3. The molecule has 2 rings (SSSR count). The zero-order chi connectivity index (χ0) is 21.4. The molecule has 4 nitrogen and oxygen atoms in total. The fourth-order valence-electron chi connectivity index (χ4n) is 3.31. The Kier molecular flexibility index (Phi) is 8.18. The first kappa shape index (κ1) is 22.9. The van der Waals surface area contributed by atoms with Crippen molar-refractivity contribution in [3.8, 4) is 0 Å². The number of nitrogens with zero attached hydrogens (tertiary/aromatic N) is 1. The van der Waals surface area contributed by atoms with Crippen molar-refractivity contribution in [1.82, 2.24) is 4.90 Å². The Balaban J connectivity index is 2.40. The van der Waals surface area contributed by atoms with E-state index < -0.39 is 23.7 Å². The van der Waals surface area contributed by atoms with Gasteiger partial charge in [-0.1, -0.05) is 72.8 Å². The minimum atomic E-state index is -1.29. The lowest BCUT2D eigenvalue weighted by atomic mass is 10.00. The standard InChI is InChI=1S/C25H33NO3/c1-6-13-22(23(27)24(28)29-25(3,4)5)26(18-20-14-9-7-10-15-20)19(2)21-16-11-8-12-17-21/h6-17,19,22-23,27H,18H2,1-5H3/b13-6+/t19-,22-,23?/m0/s1. The molecule has 0 spiro atoms. The molecule has 0 aliphatic carbocycles. The maximum Gasteiger partial charge on any atom is 0.337 e. The van der Waals surface area contributed by atoms with Crippen molar-refractivity contribution in [2.45, 2.75) is 65.0 Å². The molecular formula is C25H33NO3. The molecule has 0 fully saturated rings. The number of ether oxygens (including phenoxy) is 1. The van der Waals surface area contributed by atoms with Crippen LogP contribution in [0, 0.1) is 0 Å². The van der Waals surface area contributed by atoms with Gasteiger partial charge in [0.2, 0.25) is 0 Å². The number of hydrogen-bond donors (Lipinski definition) is 1. The summed E-state index contributed by atoms with van der Waals surface area (Å²) in [5.41, 5.74) is 1.57. The summed E-state index contributed by atoms with van der Waals surface area (Å²) in [4.78, 5) is 14.8. The zero-order valence-electron chi connectivity index (χ0n) is 18.1. The Morgan fingerprint density at radius 3 is 2.14 bits per heavy atom. The average Bonchev–Trinajstić information content (AvgIpc) is 2.69. The van der Waals surface area contributed by atoms with E-state index >= 15 is 0 Å². The van der Waals surface area contributed by atoms with Crippen LogP contribution < -0.4 is 0 Å². The molecule has 0 aromatic heterocycles. The van der Waals surface area contributed by atoms with Gasteiger partial charge in [0, 0.05) is 12.6 Å². The minimum absolute atomic E-state index is 0.0188. The van der Waals surface area contributed by atoms with Crippen LogP contribution in [0.1, 0.15) is 51.8 Å². The van der Waals surface area contributed by atoms with Crippen LogP contribution in [0.25, 0.3) is 0 Å². The number of aliphatic hydroxyl groups is 1. The summed E-state index contributed by atoms with van der Waals surface area (Å²) in [7, 11) is 0. The summed E-state index contributed by atoms with van der Waals surface area (Å²) in [6.45, 7) is 9.98. The van der Waals surface area contributed by atoms with E-state index in [1.807, 2.05) is 55.5 Å². The second-order valence-electron chi connectivity index (χ2n) is 8.24. The maximum absolute atomic E-state index is 12.7. The lowest BCUT2D eigenvalue weighted by molar-refractivity contribution is -0.168. The van der Waals surface area contributed by atoms with E-state index in [-0.39, 0.29) is 6.04 Å². The molecule has 0 saturated carbocycles. The van der Waals surface area contributed by atoms with E-state index in [2.05, 4.69) is 36.1 Å². The van der Waals surface area contributed by atoms with Crippen molar-refractivity contribution in [3.05, 3.63) is 83.9 Å². The largest absolute Gasteiger partial charge is 0.458 e. The van der Waals surface area contributed by atoms with Crippen molar-refractivity contribution in [1.29, 1.82) is 0 Å². The highest BCUT2D eigenvalue weighted by Crippen LogP contribution is 2.27. The fraction of sp³-hybridized carbons (Fsp3) is 0.400. The summed E-state index contributed by atoms with van der Waals surface area (Å²) in [6, 6.07) is 19.7. The van der Waals surface area contributed by atoms with Gasteiger partial charge in [0.25, 0.3) is 0 Å². The van der Waals surface area contributed by atoms with E-state index in [1.54, 1.807) is 20.8 Å². The van der Waals surface area contributed by atoms with Gasteiger partial charge in [0.1, 0.15) is 5.60 Å². The smallest absolute Gasteiger partial charge is 0.337 e. The van der Waals surface area contributed by atoms with Crippen LogP contribution in [0.15, 0.2) is 72.8 Å². The quantitative estimate of drug-likeness (QED) is 0.510. The summed E-state index contributed by atoms with van der Waals surface area (Å²) in [6.07, 6.45) is 2.45. The molecule has 1 unspecified atom stereocenters. The van der Waals surface area contributed by atoms with E-state index in [9.17, 15) is 9.90 Å². The molecule has 1 N–H and O–H groups in total. The lowest BCUT2D eigenvalue weighted by Gasteiger charge is -2.37. The molecule has 2 aromatic rings. The van der Waals surface area contributed by atoms with E-state index in [0.29, 0.717) is 6.54 Å². The van der Waals surface area contributed by atoms with Crippen molar-refractivity contribution >= 4 is 5.97 Å². The van der Waals surface area contributed by atoms with E-state index in [1.165, 1.54) is 0 Å². The fourth-order valence-corrected chi connectivity index (χ4v) is 3.31. The van der Waals surface area contributed by atoms with Gasteiger partial charge in [-0.3, -0.25) is 4.90 Å². The Hall–Kier alpha value is -2.43. The molecule has 4 heteroatoms. The third-order valence-corrected chi connectivity index (χ3v) is 4.73. The molecule has 0 saturated heterocycles. The molecule has 0 bridgehead atoms. The molecule has 29 heavy (non-hydrogen) atoms. The predicted octanol–water partition coefficient (Wildman–Crippen LogP) is 4.90. The Labute approximate surface area is 174 Å². The van der Waals surface area contributed by atoms with Gasteiger partial charge in [-0.2, -0.15) is 0 Å². The third-order valence-electron chi connectivity index (χ3n) is 4.73. The number of allylic oxidation sites excluding steroid dienone is 1. The molecule has 0 amide bonds. The monoisotopic (exact) mass is 395 g/mol. The summed E-state index contributed by atoms with van der Waals surface area (Å²) in [5, 5.41) is 10.9. The zero-order valence-corrected chi connectivity index (χ0v) is 18.1. The van der Waals surface area contributed by atoms with Crippen LogP contribution in [0.4, 0.5) is 0 Å². The highest BCUT2D eigenvalue weighted by Gasteiger charge is 2.35. The second-order valence-corrected chi connectivity index (χ2v) is 8.24. The van der Waals surface area contributed by atoms with Gasteiger partial charge < -0.3 is 9.84 Å². The van der Waals surface area contributed by atoms with E-state index in [0.717, 1.165) is 11.1 Å². The van der Waals surface area contributed by atoms with Gasteiger partial charge in [-0.05, 0) is 45.7 Å². The molecule has 0 heterocycles. The molecule has 156 valence electrons. The molecule has 0 aliphatic heterocycles. The predicted molar refractivity (Wildman–Crippen MR) is 117 cm³/mol. The molecule has 2 aromatic carbocycles. The number of rotatable bonds is 8.